The zero-order valence-electron chi connectivity index (χ0n) is 16.7. The van der Waals surface area contributed by atoms with Crippen LogP contribution >= 0.6 is 0 Å². The van der Waals surface area contributed by atoms with Gasteiger partial charge in [-0.05, 0) is 64.4 Å². The summed E-state index contributed by atoms with van der Waals surface area (Å²) in [6.45, 7) is 3.46. The first-order chi connectivity index (χ1) is 13.2. The Labute approximate surface area is 164 Å². The van der Waals surface area contributed by atoms with Crippen molar-refractivity contribution in [3.05, 3.63) is 35.1 Å². The average Bonchev–Trinajstić information content (AvgIpc) is 2.61. The molecule has 1 fully saturated rings. The Kier molecular flexibility index (Phi) is 8.10. The van der Waals surface area contributed by atoms with Crippen LogP contribution in [0.5, 0.6) is 0 Å². The van der Waals surface area contributed by atoms with Gasteiger partial charge in [-0.2, -0.15) is 13.2 Å². The smallest absolute Gasteiger partial charge is 0.357 e. The van der Waals surface area contributed by atoms with Crippen LogP contribution in [0.3, 0.4) is 0 Å². The van der Waals surface area contributed by atoms with Crippen molar-refractivity contribution < 1.29 is 17.6 Å². The van der Waals surface area contributed by atoms with E-state index in [0.29, 0.717) is 44.0 Å². The summed E-state index contributed by atoms with van der Waals surface area (Å²) >= 11 is 0. The Hall–Kier alpha value is -1.83. The van der Waals surface area contributed by atoms with Crippen LogP contribution in [0.15, 0.2) is 23.2 Å². The molecule has 158 valence electrons. The summed E-state index contributed by atoms with van der Waals surface area (Å²) in [5, 5.41) is 6.38. The van der Waals surface area contributed by atoms with Crippen molar-refractivity contribution in [1.82, 2.24) is 15.5 Å². The first kappa shape index (κ1) is 22.5. The lowest BCUT2D eigenvalue weighted by Gasteiger charge is -2.31. The number of benzene rings is 1. The molecule has 0 radical (unpaired) electrons. The molecule has 2 rings (SSSR count). The number of hydrogen-bond donors (Lipinski definition) is 2. The second kappa shape index (κ2) is 10.1. The molecule has 1 aliphatic carbocycles. The zero-order chi connectivity index (χ0) is 20.7. The number of aliphatic imine (C=N–C) groups is 1. The molecule has 0 unspecified atom stereocenters. The van der Waals surface area contributed by atoms with E-state index in [4.69, 9.17) is 0 Å². The van der Waals surface area contributed by atoms with Crippen LogP contribution in [0.1, 0.15) is 43.7 Å². The Balaban J connectivity index is 1.97. The quantitative estimate of drug-likeness (QED) is 0.428. The topological polar surface area (TPSA) is 39.7 Å². The SMILES string of the molecule is CCNC(=NCc1ccc(F)c(CN(C)C)c1)NC1CCC(C(F)(F)F)CC1. The van der Waals surface area contributed by atoms with Crippen LogP contribution in [0.4, 0.5) is 17.6 Å². The zero-order valence-corrected chi connectivity index (χ0v) is 16.7. The summed E-state index contributed by atoms with van der Waals surface area (Å²) in [5.74, 6) is -0.858. The normalized spacial score (nSPS) is 21.1. The fourth-order valence-corrected chi connectivity index (χ4v) is 3.44. The number of guanidine groups is 1. The second-order valence-corrected chi connectivity index (χ2v) is 7.59. The summed E-state index contributed by atoms with van der Waals surface area (Å²) in [5.41, 5.74) is 1.50. The first-order valence-electron chi connectivity index (χ1n) is 9.72. The third kappa shape index (κ3) is 6.96. The van der Waals surface area contributed by atoms with Gasteiger partial charge >= 0.3 is 6.18 Å². The lowest BCUT2D eigenvalue weighted by Crippen LogP contribution is -2.45. The van der Waals surface area contributed by atoms with Crippen molar-refractivity contribution in [2.24, 2.45) is 10.9 Å². The lowest BCUT2D eigenvalue weighted by atomic mass is 9.85. The highest BCUT2D eigenvalue weighted by molar-refractivity contribution is 5.80. The maximum Gasteiger partial charge on any atom is 0.391 e. The van der Waals surface area contributed by atoms with Gasteiger partial charge in [0.2, 0.25) is 0 Å². The van der Waals surface area contributed by atoms with Crippen LogP contribution in [0.2, 0.25) is 0 Å². The standard InChI is InChI=1S/C20H30F4N4/c1-4-25-19(27-17-8-6-16(7-9-17)20(22,23)24)26-12-14-5-10-18(21)15(11-14)13-28(2)3/h5,10-11,16-17H,4,6-9,12-13H2,1-3H3,(H2,25,26,27). The Morgan fingerprint density at radius 1 is 1.18 bits per heavy atom. The minimum absolute atomic E-state index is 0.0195. The number of nitrogens with one attached hydrogen (secondary N) is 2. The van der Waals surface area contributed by atoms with Gasteiger partial charge in [0, 0.05) is 24.7 Å². The molecule has 0 saturated heterocycles. The van der Waals surface area contributed by atoms with Gasteiger partial charge in [0.25, 0.3) is 0 Å². The molecule has 0 atom stereocenters. The van der Waals surface area contributed by atoms with Crippen LogP contribution in [0.25, 0.3) is 0 Å². The van der Waals surface area contributed by atoms with E-state index in [0.717, 1.165) is 5.56 Å². The lowest BCUT2D eigenvalue weighted by molar-refractivity contribution is -0.182. The van der Waals surface area contributed by atoms with Crippen molar-refractivity contribution in [2.45, 2.75) is 57.9 Å². The van der Waals surface area contributed by atoms with Crippen molar-refractivity contribution >= 4 is 5.96 Å². The van der Waals surface area contributed by atoms with E-state index < -0.39 is 12.1 Å². The summed E-state index contributed by atoms with van der Waals surface area (Å²) in [4.78, 5) is 6.43. The molecule has 1 aromatic rings. The highest BCUT2D eigenvalue weighted by Crippen LogP contribution is 2.37. The fraction of sp³-hybridized carbons (Fsp3) is 0.650. The molecule has 0 aromatic heterocycles. The van der Waals surface area contributed by atoms with E-state index in [1.807, 2.05) is 25.9 Å². The van der Waals surface area contributed by atoms with Crippen LogP contribution < -0.4 is 10.6 Å². The van der Waals surface area contributed by atoms with Crippen LogP contribution in [0, 0.1) is 11.7 Å². The highest BCUT2D eigenvalue weighted by atomic mass is 19.4. The minimum Gasteiger partial charge on any atom is -0.357 e. The maximum absolute atomic E-state index is 13.9. The molecule has 2 N–H and O–H groups in total. The number of hydrogen-bond acceptors (Lipinski definition) is 2. The molecule has 0 aliphatic heterocycles. The molecule has 0 spiro atoms. The van der Waals surface area contributed by atoms with Crippen LogP contribution in [-0.4, -0.2) is 43.7 Å². The summed E-state index contributed by atoms with van der Waals surface area (Å²) in [6, 6.07) is 4.93. The Morgan fingerprint density at radius 3 is 2.43 bits per heavy atom. The average molecular weight is 402 g/mol. The fourth-order valence-electron chi connectivity index (χ4n) is 3.44. The van der Waals surface area contributed by atoms with Gasteiger partial charge in [0.1, 0.15) is 5.82 Å². The second-order valence-electron chi connectivity index (χ2n) is 7.59. The number of nitrogens with zero attached hydrogens (tertiary/aromatic N) is 2. The Morgan fingerprint density at radius 2 is 1.86 bits per heavy atom. The molecule has 1 aromatic carbocycles. The summed E-state index contributed by atoms with van der Waals surface area (Å²) in [7, 11) is 3.76. The van der Waals surface area contributed by atoms with Crippen molar-refractivity contribution in [1.29, 1.82) is 0 Å². The van der Waals surface area contributed by atoms with Crippen molar-refractivity contribution in [3.63, 3.8) is 0 Å². The molecule has 1 saturated carbocycles. The molecule has 0 amide bonds. The summed E-state index contributed by atoms with van der Waals surface area (Å²) < 4.78 is 52.3. The molecule has 1 aliphatic rings. The number of alkyl halides is 3. The van der Waals surface area contributed by atoms with Gasteiger partial charge < -0.3 is 15.5 Å². The largest absolute Gasteiger partial charge is 0.391 e. The van der Waals surface area contributed by atoms with Gasteiger partial charge in [-0.1, -0.05) is 6.07 Å². The maximum atomic E-state index is 13.9. The molecule has 28 heavy (non-hydrogen) atoms. The predicted octanol–water partition coefficient (Wildman–Crippen LogP) is 4.06. The molecule has 4 nitrogen and oxygen atoms in total. The van der Waals surface area contributed by atoms with Gasteiger partial charge in [-0.3, -0.25) is 0 Å². The highest BCUT2D eigenvalue weighted by Gasteiger charge is 2.41. The minimum atomic E-state index is -4.10. The van der Waals surface area contributed by atoms with Crippen LogP contribution in [-0.2, 0) is 13.1 Å². The van der Waals surface area contributed by atoms with E-state index in [-0.39, 0.29) is 24.7 Å². The van der Waals surface area contributed by atoms with Crippen molar-refractivity contribution in [2.75, 3.05) is 20.6 Å². The first-order valence-corrected chi connectivity index (χ1v) is 9.72. The van der Waals surface area contributed by atoms with E-state index in [1.54, 1.807) is 12.1 Å². The monoisotopic (exact) mass is 402 g/mol. The number of halogens is 4. The van der Waals surface area contributed by atoms with Gasteiger partial charge in [-0.25, -0.2) is 9.38 Å². The molecule has 0 heterocycles. The molecular formula is C20H30F4N4. The van der Waals surface area contributed by atoms with E-state index >= 15 is 0 Å². The van der Waals surface area contributed by atoms with Gasteiger partial charge in [-0.15, -0.1) is 0 Å². The Bertz CT molecular complexity index is 650. The summed E-state index contributed by atoms with van der Waals surface area (Å²) in [6.07, 6.45) is -2.87. The van der Waals surface area contributed by atoms with E-state index in [1.165, 1.54) is 6.07 Å². The molecular weight excluding hydrogens is 372 g/mol. The van der Waals surface area contributed by atoms with Gasteiger partial charge in [0.05, 0.1) is 12.5 Å². The predicted molar refractivity (Wildman–Crippen MR) is 104 cm³/mol. The van der Waals surface area contributed by atoms with Gasteiger partial charge in [0.15, 0.2) is 5.96 Å². The molecule has 0 bridgehead atoms. The van der Waals surface area contributed by atoms with E-state index in [9.17, 15) is 17.6 Å². The van der Waals surface area contributed by atoms with Crippen molar-refractivity contribution in [3.8, 4) is 0 Å². The number of rotatable bonds is 6. The molecule has 8 heteroatoms. The third-order valence-electron chi connectivity index (χ3n) is 4.89. The third-order valence-corrected chi connectivity index (χ3v) is 4.89. The van der Waals surface area contributed by atoms with E-state index in [2.05, 4.69) is 15.6 Å².